The zero-order chi connectivity index (χ0) is 17.7. The fourth-order valence-electron chi connectivity index (χ4n) is 2.87. The smallest absolute Gasteiger partial charge is 0.410 e. The predicted octanol–water partition coefficient (Wildman–Crippen LogP) is 2.17. The minimum absolute atomic E-state index is 0.219. The van der Waals surface area contributed by atoms with E-state index >= 15 is 0 Å². The van der Waals surface area contributed by atoms with E-state index in [1.54, 1.807) is 24.4 Å². The second-order valence-electron chi connectivity index (χ2n) is 7.29. The number of methoxy groups -OCH3 is 1. The number of nitrogens with zero attached hydrogens (tertiary/aromatic N) is 4. The Morgan fingerprint density at radius 3 is 2.75 bits per heavy atom. The molecule has 134 valence electrons. The number of ether oxygens (including phenoxy) is 2. The number of hydrogen-bond donors (Lipinski definition) is 0. The molecule has 0 aromatic carbocycles. The summed E-state index contributed by atoms with van der Waals surface area (Å²) in [5.41, 5.74) is 0.374. The Balaban J connectivity index is 1.83. The third-order valence-corrected chi connectivity index (χ3v) is 3.86. The average Bonchev–Trinajstić information content (AvgIpc) is 2.94. The molecule has 0 unspecified atom stereocenters. The average molecular weight is 336 g/mol. The standard InChI is InChI=1S/C17H28N4O3/c1-17(2,3)24-16(22)21-9-6-13(11-21)10-20(4)12-14-15(23-5)19-8-7-18-14/h7-8,13H,6,9-12H2,1-5H3/t13-/m1/s1. The van der Waals surface area contributed by atoms with E-state index in [-0.39, 0.29) is 6.09 Å². The summed E-state index contributed by atoms with van der Waals surface area (Å²) in [6.07, 6.45) is 4.06. The number of aromatic nitrogens is 2. The summed E-state index contributed by atoms with van der Waals surface area (Å²) < 4.78 is 10.7. The van der Waals surface area contributed by atoms with Gasteiger partial charge in [0.25, 0.3) is 0 Å². The molecule has 1 saturated heterocycles. The largest absolute Gasteiger partial charge is 0.480 e. The van der Waals surface area contributed by atoms with E-state index in [4.69, 9.17) is 9.47 Å². The molecule has 24 heavy (non-hydrogen) atoms. The lowest BCUT2D eigenvalue weighted by Gasteiger charge is -2.25. The molecule has 1 amide bonds. The maximum Gasteiger partial charge on any atom is 0.410 e. The molecule has 1 aromatic heterocycles. The van der Waals surface area contributed by atoms with Gasteiger partial charge in [-0.05, 0) is 40.2 Å². The van der Waals surface area contributed by atoms with Crippen LogP contribution in [-0.4, -0.2) is 65.3 Å². The van der Waals surface area contributed by atoms with Gasteiger partial charge in [-0.3, -0.25) is 9.88 Å². The first-order chi connectivity index (χ1) is 11.3. The summed E-state index contributed by atoms with van der Waals surface area (Å²) in [7, 11) is 3.65. The zero-order valence-corrected chi connectivity index (χ0v) is 15.3. The van der Waals surface area contributed by atoms with Gasteiger partial charge in [-0.2, -0.15) is 0 Å². The molecule has 0 saturated carbocycles. The van der Waals surface area contributed by atoms with Gasteiger partial charge in [0, 0.05) is 38.6 Å². The Hall–Kier alpha value is -1.89. The van der Waals surface area contributed by atoms with Crippen LogP contribution >= 0.6 is 0 Å². The monoisotopic (exact) mass is 336 g/mol. The summed E-state index contributed by atoms with van der Waals surface area (Å²) in [6.45, 7) is 8.71. The molecule has 1 aliphatic rings. The minimum Gasteiger partial charge on any atom is -0.480 e. The van der Waals surface area contributed by atoms with E-state index in [1.807, 2.05) is 27.8 Å². The molecular formula is C17H28N4O3. The van der Waals surface area contributed by atoms with Crippen LogP contribution in [0.4, 0.5) is 4.79 Å². The van der Waals surface area contributed by atoms with Gasteiger partial charge in [-0.1, -0.05) is 0 Å². The highest BCUT2D eigenvalue weighted by Crippen LogP contribution is 2.21. The normalized spacial score (nSPS) is 18.1. The van der Waals surface area contributed by atoms with E-state index in [0.717, 1.165) is 31.7 Å². The van der Waals surface area contributed by atoms with Gasteiger partial charge in [-0.25, -0.2) is 9.78 Å². The van der Waals surface area contributed by atoms with Crippen LogP contribution in [-0.2, 0) is 11.3 Å². The second-order valence-corrected chi connectivity index (χ2v) is 7.29. The lowest BCUT2D eigenvalue weighted by atomic mass is 10.1. The SMILES string of the molecule is COc1nccnc1CN(C)C[C@H]1CCN(C(=O)OC(C)(C)C)C1. The molecule has 7 nitrogen and oxygen atoms in total. The number of carbonyl (C=O) groups is 1. The fraction of sp³-hybridized carbons (Fsp3) is 0.706. The molecule has 0 spiro atoms. The van der Waals surface area contributed by atoms with Gasteiger partial charge in [0.15, 0.2) is 0 Å². The van der Waals surface area contributed by atoms with Crippen LogP contribution in [0.15, 0.2) is 12.4 Å². The van der Waals surface area contributed by atoms with E-state index in [1.165, 1.54) is 0 Å². The summed E-state index contributed by atoms with van der Waals surface area (Å²) in [5.74, 6) is 0.997. The molecule has 0 N–H and O–H groups in total. The van der Waals surface area contributed by atoms with Crippen LogP contribution < -0.4 is 4.74 Å². The van der Waals surface area contributed by atoms with Crippen LogP contribution in [0.3, 0.4) is 0 Å². The molecule has 1 fully saturated rings. The van der Waals surface area contributed by atoms with Crippen LogP contribution in [0.2, 0.25) is 0 Å². The number of hydrogen-bond acceptors (Lipinski definition) is 6. The second kappa shape index (κ2) is 7.79. The van der Waals surface area contributed by atoms with Crippen LogP contribution in [0.5, 0.6) is 5.88 Å². The van der Waals surface area contributed by atoms with Gasteiger partial charge in [0.2, 0.25) is 5.88 Å². The van der Waals surface area contributed by atoms with Crippen molar-refractivity contribution in [3.63, 3.8) is 0 Å². The molecule has 1 aromatic rings. The van der Waals surface area contributed by atoms with Crippen molar-refractivity contribution in [1.82, 2.24) is 19.8 Å². The third-order valence-electron chi connectivity index (χ3n) is 3.86. The van der Waals surface area contributed by atoms with Crippen molar-refractivity contribution >= 4 is 6.09 Å². The highest BCUT2D eigenvalue weighted by Gasteiger charge is 2.30. The molecule has 0 radical (unpaired) electrons. The van der Waals surface area contributed by atoms with Crippen molar-refractivity contribution in [1.29, 1.82) is 0 Å². The number of carbonyl (C=O) groups excluding carboxylic acids is 1. The highest BCUT2D eigenvalue weighted by atomic mass is 16.6. The summed E-state index contributed by atoms with van der Waals surface area (Å²) in [6, 6.07) is 0. The van der Waals surface area contributed by atoms with Crippen molar-refractivity contribution in [2.45, 2.75) is 39.3 Å². The number of rotatable bonds is 5. The van der Waals surface area contributed by atoms with Gasteiger partial charge < -0.3 is 14.4 Å². The van der Waals surface area contributed by atoms with Crippen molar-refractivity contribution in [2.75, 3.05) is 33.8 Å². The van der Waals surface area contributed by atoms with Gasteiger partial charge in [0.05, 0.1) is 7.11 Å². The highest BCUT2D eigenvalue weighted by molar-refractivity contribution is 5.68. The summed E-state index contributed by atoms with van der Waals surface area (Å²) in [4.78, 5) is 24.6. The molecule has 1 aliphatic heterocycles. The van der Waals surface area contributed by atoms with E-state index in [2.05, 4.69) is 14.9 Å². The topological polar surface area (TPSA) is 67.8 Å². The molecule has 2 rings (SSSR count). The first kappa shape index (κ1) is 18.4. The Kier molecular flexibility index (Phi) is 5.99. The van der Waals surface area contributed by atoms with Crippen LogP contribution in [0.25, 0.3) is 0 Å². The van der Waals surface area contributed by atoms with Crippen molar-refractivity contribution < 1.29 is 14.3 Å². The molecular weight excluding hydrogens is 308 g/mol. The Labute approximate surface area is 144 Å². The van der Waals surface area contributed by atoms with Gasteiger partial charge in [-0.15, -0.1) is 0 Å². The lowest BCUT2D eigenvalue weighted by molar-refractivity contribution is 0.0285. The lowest BCUT2D eigenvalue weighted by Crippen LogP contribution is -2.36. The summed E-state index contributed by atoms with van der Waals surface area (Å²) >= 11 is 0. The predicted molar refractivity (Wildman–Crippen MR) is 90.8 cm³/mol. The quantitative estimate of drug-likeness (QED) is 0.821. The van der Waals surface area contributed by atoms with E-state index in [9.17, 15) is 4.79 Å². The van der Waals surface area contributed by atoms with Crippen LogP contribution in [0.1, 0.15) is 32.9 Å². The first-order valence-electron chi connectivity index (χ1n) is 8.29. The maximum absolute atomic E-state index is 12.1. The molecule has 7 heteroatoms. The molecule has 0 bridgehead atoms. The maximum atomic E-state index is 12.1. The molecule has 1 atom stereocenters. The van der Waals surface area contributed by atoms with Gasteiger partial charge >= 0.3 is 6.09 Å². The van der Waals surface area contributed by atoms with Crippen molar-refractivity contribution in [3.05, 3.63) is 18.1 Å². The molecule has 2 heterocycles. The number of amides is 1. The Morgan fingerprint density at radius 2 is 2.08 bits per heavy atom. The Morgan fingerprint density at radius 1 is 1.38 bits per heavy atom. The van der Waals surface area contributed by atoms with Crippen molar-refractivity contribution in [2.24, 2.45) is 5.92 Å². The Bertz CT molecular complexity index is 559. The zero-order valence-electron chi connectivity index (χ0n) is 15.3. The third kappa shape index (κ3) is 5.33. The minimum atomic E-state index is -0.450. The molecule has 0 aliphatic carbocycles. The number of likely N-dealkylation sites (tertiary alicyclic amines) is 1. The first-order valence-corrected chi connectivity index (χ1v) is 8.29. The van der Waals surface area contributed by atoms with Crippen molar-refractivity contribution in [3.8, 4) is 5.88 Å². The van der Waals surface area contributed by atoms with Crippen LogP contribution in [0, 0.1) is 5.92 Å². The fourth-order valence-corrected chi connectivity index (χ4v) is 2.87. The van der Waals surface area contributed by atoms with E-state index < -0.39 is 5.60 Å². The van der Waals surface area contributed by atoms with E-state index in [0.29, 0.717) is 18.3 Å². The summed E-state index contributed by atoms with van der Waals surface area (Å²) in [5, 5.41) is 0. The van der Waals surface area contributed by atoms with Gasteiger partial charge in [0.1, 0.15) is 11.3 Å².